The highest BCUT2D eigenvalue weighted by Crippen LogP contribution is 2.31. The van der Waals surface area contributed by atoms with Gasteiger partial charge < -0.3 is 0 Å². The Hall–Kier alpha value is -2.55. The number of ketones is 3. The quantitative estimate of drug-likeness (QED) is 0.346. The van der Waals surface area contributed by atoms with Crippen LogP contribution in [0.5, 0.6) is 0 Å². The number of hydrogen-bond donors (Lipinski definition) is 0. The van der Waals surface area contributed by atoms with Gasteiger partial charge in [-0.1, -0.05) is 88.4 Å². The van der Waals surface area contributed by atoms with Crippen molar-refractivity contribution in [1.82, 2.24) is 0 Å². The fourth-order valence-electron chi connectivity index (χ4n) is 3.98. The van der Waals surface area contributed by atoms with Crippen LogP contribution in [0.4, 0.5) is 0 Å². The second-order valence-corrected chi connectivity index (χ2v) is 8.66. The van der Waals surface area contributed by atoms with Crippen LogP contribution in [0.3, 0.4) is 0 Å². The molecule has 0 aromatic heterocycles. The second-order valence-electron chi connectivity index (χ2n) is 8.66. The van der Waals surface area contributed by atoms with Crippen LogP contribution in [-0.2, 0) is 4.79 Å². The smallest absolute Gasteiger partial charge is 0.173 e. The maximum Gasteiger partial charge on any atom is 0.173 e. The van der Waals surface area contributed by atoms with Crippen molar-refractivity contribution < 1.29 is 14.4 Å². The largest absolute Gasteiger partial charge is 0.298 e. The maximum atomic E-state index is 13.4. The van der Waals surface area contributed by atoms with Crippen LogP contribution in [0.1, 0.15) is 67.7 Å². The van der Waals surface area contributed by atoms with Gasteiger partial charge in [-0.3, -0.25) is 14.4 Å². The van der Waals surface area contributed by atoms with Crippen molar-refractivity contribution >= 4 is 17.3 Å². The minimum Gasteiger partial charge on any atom is -0.298 e. The summed E-state index contributed by atoms with van der Waals surface area (Å²) in [7, 11) is 0. The monoisotopic (exact) mass is 392 g/mol. The summed E-state index contributed by atoms with van der Waals surface area (Å²) in [6.45, 7) is 8.43. The molecule has 0 aliphatic heterocycles. The third-order valence-electron chi connectivity index (χ3n) is 5.14. The van der Waals surface area contributed by atoms with Gasteiger partial charge in [0.15, 0.2) is 17.3 Å². The summed E-state index contributed by atoms with van der Waals surface area (Å²) in [5, 5.41) is 0. The molecule has 0 spiro atoms. The minimum atomic E-state index is -0.783. The van der Waals surface area contributed by atoms with Gasteiger partial charge in [0.05, 0.1) is 12.3 Å². The van der Waals surface area contributed by atoms with Gasteiger partial charge >= 0.3 is 0 Å². The SMILES string of the molecule is CC(C)CC(CC(C)C)C(C(=O)CC(=O)c1ccccc1)C(=O)c1ccccc1. The standard InChI is InChI=1S/C26H32O3/c1-18(2)15-22(16-19(3)4)25(26(29)21-13-9-6-10-14-21)24(28)17-23(27)20-11-7-5-8-12-20/h5-14,18-19,22,25H,15-17H2,1-4H3. The predicted octanol–water partition coefficient (Wildman–Crippen LogP) is 6.04. The van der Waals surface area contributed by atoms with E-state index in [4.69, 9.17) is 0 Å². The molecule has 0 fully saturated rings. The molecule has 0 saturated heterocycles. The summed E-state index contributed by atoms with van der Waals surface area (Å²) in [6, 6.07) is 17.8. The lowest BCUT2D eigenvalue weighted by Gasteiger charge is -2.28. The molecule has 0 saturated carbocycles. The summed E-state index contributed by atoms with van der Waals surface area (Å²) in [5.41, 5.74) is 1.05. The van der Waals surface area contributed by atoms with Crippen LogP contribution < -0.4 is 0 Å². The van der Waals surface area contributed by atoms with Crippen LogP contribution in [0.2, 0.25) is 0 Å². The van der Waals surface area contributed by atoms with Gasteiger partial charge in [-0.15, -0.1) is 0 Å². The first kappa shape index (κ1) is 22.7. The Kier molecular flexibility index (Phi) is 8.50. The van der Waals surface area contributed by atoms with E-state index in [1.807, 2.05) is 24.3 Å². The second kappa shape index (κ2) is 10.8. The first-order chi connectivity index (χ1) is 13.8. The Morgan fingerprint density at radius 1 is 0.690 bits per heavy atom. The minimum absolute atomic E-state index is 0.0706. The van der Waals surface area contributed by atoms with Crippen molar-refractivity contribution in [1.29, 1.82) is 0 Å². The molecule has 154 valence electrons. The van der Waals surface area contributed by atoms with E-state index in [2.05, 4.69) is 27.7 Å². The number of carbonyl (C=O) groups is 3. The van der Waals surface area contributed by atoms with Crippen LogP contribution in [0, 0.1) is 23.7 Å². The van der Waals surface area contributed by atoms with Crippen molar-refractivity contribution in [3.63, 3.8) is 0 Å². The summed E-state index contributed by atoms with van der Waals surface area (Å²) in [6.07, 6.45) is 1.33. The Morgan fingerprint density at radius 2 is 1.14 bits per heavy atom. The number of Topliss-reactive ketones (excluding diaryl/α,β-unsaturated/α-hetero) is 3. The Bertz CT molecular complexity index is 796. The highest BCUT2D eigenvalue weighted by molar-refractivity contribution is 6.17. The van der Waals surface area contributed by atoms with Crippen molar-refractivity contribution in [3.05, 3.63) is 71.8 Å². The van der Waals surface area contributed by atoms with E-state index in [1.165, 1.54) is 0 Å². The van der Waals surface area contributed by atoms with Crippen LogP contribution in [0.15, 0.2) is 60.7 Å². The molecule has 0 aliphatic rings. The van der Waals surface area contributed by atoms with E-state index < -0.39 is 5.92 Å². The summed E-state index contributed by atoms with van der Waals surface area (Å²) in [4.78, 5) is 39.3. The van der Waals surface area contributed by atoms with Gasteiger partial charge in [0, 0.05) is 11.1 Å². The van der Waals surface area contributed by atoms with E-state index in [1.54, 1.807) is 36.4 Å². The highest BCUT2D eigenvalue weighted by Gasteiger charge is 2.36. The number of carbonyl (C=O) groups excluding carboxylic acids is 3. The molecule has 1 atom stereocenters. The molecule has 0 radical (unpaired) electrons. The summed E-state index contributed by atoms with van der Waals surface area (Å²) < 4.78 is 0. The van der Waals surface area contributed by atoms with E-state index in [0.717, 1.165) is 12.8 Å². The normalized spacial score (nSPS) is 12.4. The van der Waals surface area contributed by atoms with Crippen LogP contribution in [-0.4, -0.2) is 17.3 Å². The van der Waals surface area contributed by atoms with Crippen LogP contribution in [0.25, 0.3) is 0 Å². The fraction of sp³-hybridized carbons (Fsp3) is 0.423. The predicted molar refractivity (Wildman–Crippen MR) is 117 cm³/mol. The molecule has 2 aromatic rings. The van der Waals surface area contributed by atoms with E-state index in [-0.39, 0.29) is 29.7 Å². The number of hydrogen-bond acceptors (Lipinski definition) is 3. The molecule has 0 aliphatic carbocycles. The van der Waals surface area contributed by atoms with Crippen molar-refractivity contribution in [2.45, 2.75) is 47.0 Å². The van der Waals surface area contributed by atoms with Crippen LogP contribution >= 0.6 is 0 Å². The van der Waals surface area contributed by atoms with Crippen molar-refractivity contribution in [2.24, 2.45) is 23.7 Å². The Morgan fingerprint density at radius 3 is 1.59 bits per heavy atom. The Labute approximate surface area is 174 Å². The third-order valence-corrected chi connectivity index (χ3v) is 5.14. The molecular weight excluding hydrogens is 360 g/mol. The van der Waals surface area contributed by atoms with Crippen molar-refractivity contribution in [2.75, 3.05) is 0 Å². The zero-order chi connectivity index (χ0) is 21.4. The van der Waals surface area contributed by atoms with Gasteiger partial charge in [0.2, 0.25) is 0 Å². The first-order valence-corrected chi connectivity index (χ1v) is 10.5. The van der Waals surface area contributed by atoms with E-state index in [9.17, 15) is 14.4 Å². The van der Waals surface area contributed by atoms with E-state index >= 15 is 0 Å². The number of benzene rings is 2. The fourth-order valence-corrected chi connectivity index (χ4v) is 3.98. The zero-order valence-corrected chi connectivity index (χ0v) is 17.9. The lowest BCUT2D eigenvalue weighted by atomic mass is 9.74. The third kappa shape index (κ3) is 6.77. The molecule has 29 heavy (non-hydrogen) atoms. The van der Waals surface area contributed by atoms with E-state index in [0.29, 0.717) is 23.0 Å². The average molecular weight is 393 g/mol. The van der Waals surface area contributed by atoms with Gasteiger partial charge in [-0.05, 0) is 30.6 Å². The average Bonchev–Trinajstić information content (AvgIpc) is 2.68. The molecular formula is C26H32O3. The zero-order valence-electron chi connectivity index (χ0n) is 17.9. The molecule has 3 nitrogen and oxygen atoms in total. The topological polar surface area (TPSA) is 51.2 Å². The van der Waals surface area contributed by atoms with Gasteiger partial charge in [0.25, 0.3) is 0 Å². The van der Waals surface area contributed by atoms with Crippen molar-refractivity contribution in [3.8, 4) is 0 Å². The highest BCUT2D eigenvalue weighted by atomic mass is 16.2. The Balaban J connectivity index is 2.35. The molecule has 0 amide bonds. The molecule has 3 heteroatoms. The number of rotatable bonds is 11. The molecule has 2 aromatic carbocycles. The van der Waals surface area contributed by atoms with Gasteiger partial charge in [-0.2, -0.15) is 0 Å². The molecule has 2 rings (SSSR count). The van der Waals surface area contributed by atoms with Gasteiger partial charge in [0.1, 0.15) is 0 Å². The summed E-state index contributed by atoms with van der Waals surface area (Å²) >= 11 is 0. The molecule has 0 bridgehead atoms. The summed E-state index contributed by atoms with van der Waals surface area (Å²) in [5.74, 6) is -0.783. The molecule has 0 N–H and O–H groups in total. The lowest BCUT2D eigenvalue weighted by molar-refractivity contribution is -0.122. The lowest BCUT2D eigenvalue weighted by Crippen LogP contribution is -2.34. The van der Waals surface area contributed by atoms with Gasteiger partial charge in [-0.25, -0.2) is 0 Å². The maximum absolute atomic E-state index is 13.4. The molecule has 1 unspecified atom stereocenters. The molecule has 0 heterocycles. The first-order valence-electron chi connectivity index (χ1n) is 10.5.